The van der Waals surface area contributed by atoms with Gasteiger partial charge >= 0.3 is 11.9 Å². The quantitative estimate of drug-likeness (QED) is 0.525. The number of carbonyl (C=O) groups is 2. The fourth-order valence-corrected chi connectivity index (χ4v) is 3.76. The Balaban J connectivity index is 1.79. The molecule has 0 aliphatic rings. The Labute approximate surface area is 186 Å². The number of aliphatic carboxylic acids is 1. The van der Waals surface area contributed by atoms with Crippen molar-refractivity contribution < 1.29 is 24.2 Å². The van der Waals surface area contributed by atoms with Crippen molar-refractivity contribution in [2.45, 2.75) is 46.6 Å². The molecule has 3 rings (SSSR count). The van der Waals surface area contributed by atoms with Crippen LogP contribution in [0.2, 0.25) is 0 Å². The summed E-state index contributed by atoms with van der Waals surface area (Å²) < 4.78 is 15.7. The van der Waals surface area contributed by atoms with Gasteiger partial charge in [0.25, 0.3) is 0 Å². The van der Waals surface area contributed by atoms with Crippen LogP contribution < -0.4 is 0 Å². The molecular weight excluding hydrogens is 411 g/mol. The average molecular weight is 438 g/mol. The number of imidazole rings is 1. The highest BCUT2D eigenvalue weighted by Crippen LogP contribution is 2.27. The van der Waals surface area contributed by atoms with Gasteiger partial charge < -0.3 is 14.8 Å². The minimum Gasteiger partial charge on any atom is -0.480 e. The first-order valence-electron chi connectivity index (χ1n) is 10.4. The van der Waals surface area contributed by atoms with E-state index in [1.165, 1.54) is 6.07 Å². The van der Waals surface area contributed by atoms with E-state index in [9.17, 15) is 24.2 Å². The predicted molar refractivity (Wildman–Crippen MR) is 119 cm³/mol. The van der Waals surface area contributed by atoms with Crippen LogP contribution in [0.25, 0.3) is 11.1 Å². The van der Waals surface area contributed by atoms with Crippen molar-refractivity contribution in [1.82, 2.24) is 9.55 Å². The van der Waals surface area contributed by atoms with Crippen LogP contribution in [0.5, 0.6) is 0 Å². The smallest absolute Gasteiger partial charge is 0.339 e. The first-order valence-corrected chi connectivity index (χ1v) is 10.4. The molecular formula is C25H27FN2O4. The first-order chi connectivity index (χ1) is 15.0. The van der Waals surface area contributed by atoms with Gasteiger partial charge in [0.2, 0.25) is 0 Å². The van der Waals surface area contributed by atoms with Gasteiger partial charge in [-0.3, -0.25) is 4.79 Å². The van der Waals surface area contributed by atoms with Crippen molar-refractivity contribution >= 4 is 11.9 Å². The molecule has 0 saturated heterocycles. The predicted octanol–water partition coefficient (Wildman–Crippen LogP) is 4.85. The van der Waals surface area contributed by atoms with Gasteiger partial charge in [-0.25, -0.2) is 14.2 Å². The maximum absolute atomic E-state index is 14.0. The summed E-state index contributed by atoms with van der Waals surface area (Å²) in [5, 5.41) is 18.7. The van der Waals surface area contributed by atoms with Crippen LogP contribution in [-0.2, 0) is 30.6 Å². The maximum Gasteiger partial charge on any atom is 0.339 e. The molecule has 0 aliphatic heterocycles. The molecule has 32 heavy (non-hydrogen) atoms. The summed E-state index contributed by atoms with van der Waals surface area (Å²) in [5.41, 5.74) is 2.50. The van der Waals surface area contributed by atoms with E-state index in [0.717, 1.165) is 23.7 Å². The number of nitrogens with zero attached hydrogens (tertiary/aromatic N) is 2. The molecule has 2 N–H and O–H groups in total. The number of rotatable bonds is 8. The third-order valence-electron chi connectivity index (χ3n) is 5.16. The summed E-state index contributed by atoms with van der Waals surface area (Å²) in [6.07, 6.45) is 3.68. The highest BCUT2D eigenvalue weighted by atomic mass is 19.1. The Morgan fingerprint density at radius 2 is 1.72 bits per heavy atom. The Morgan fingerprint density at radius 1 is 1.03 bits per heavy atom. The van der Waals surface area contributed by atoms with Crippen LogP contribution in [-0.4, -0.2) is 31.7 Å². The fraction of sp³-hybridized carbons (Fsp3) is 0.320. The minimum atomic E-state index is -1.31. The van der Waals surface area contributed by atoms with Crippen LogP contribution in [0, 0.1) is 11.2 Å². The van der Waals surface area contributed by atoms with Gasteiger partial charge in [0.05, 0.1) is 0 Å². The Kier molecular flexibility index (Phi) is 6.77. The molecule has 1 heterocycles. The van der Waals surface area contributed by atoms with Crippen molar-refractivity contribution in [3.63, 3.8) is 0 Å². The Bertz CT molecular complexity index is 1130. The normalized spacial score (nSPS) is 11.5. The van der Waals surface area contributed by atoms with Crippen molar-refractivity contribution in [3.05, 3.63) is 77.1 Å². The summed E-state index contributed by atoms with van der Waals surface area (Å²) in [7, 11) is 0. The number of aromatic carboxylic acids is 1. The molecule has 0 amide bonds. The molecule has 2 aromatic carbocycles. The molecule has 0 bridgehead atoms. The molecule has 0 fully saturated rings. The molecule has 168 valence electrons. The average Bonchev–Trinajstić information content (AvgIpc) is 3.05. The molecule has 0 spiro atoms. The Hall–Kier alpha value is -3.48. The van der Waals surface area contributed by atoms with Gasteiger partial charge in [-0.05, 0) is 41.0 Å². The van der Waals surface area contributed by atoms with E-state index in [2.05, 4.69) is 25.8 Å². The molecule has 7 heteroatoms. The summed E-state index contributed by atoms with van der Waals surface area (Å²) in [6, 6.07) is 11.5. The molecule has 0 saturated carbocycles. The van der Waals surface area contributed by atoms with E-state index in [4.69, 9.17) is 0 Å². The number of carboxylic acid groups (broad SMARTS) is 2. The van der Waals surface area contributed by atoms with E-state index >= 15 is 0 Å². The second-order valence-corrected chi connectivity index (χ2v) is 9.05. The van der Waals surface area contributed by atoms with Crippen molar-refractivity contribution in [2.75, 3.05) is 0 Å². The maximum atomic E-state index is 14.0. The number of halogens is 1. The van der Waals surface area contributed by atoms with Gasteiger partial charge in [0.15, 0.2) is 0 Å². The van der Waals surface area contributed by atoms with E-state index < -0.39 is 17.8 Å². The molecule has 1 aromatic heterocycles. The van der Waals surface area contributed by atoms with Crippen molar-refractivity contribution in [2.24, 2.45) is 5.41 Å². The lowest BCUT2D eigenvalue weighted by Crippen LogP contribution is -2.19. The zero-order chi connectivity index (χ0) is 23.5. The zero-order valence-corrected chi connectivity index (χ0v) is 18.4. The Morgan fingerprint density at radius 3 is 2.31 bits per heavy atom. The first kappa shape index (κ1) is 23.2. The SMILES string of the molecule is CC(C)(C)Cc1cnc(CCc2ccc(-c3cccc(F)c3C(=O)O)cc2)n1CC(=O)O. The van der Waals surface area contributed by atoms with E-state index in [-0.39, 0.29) is 17.5 Å². The van der Waals surface area contributed by atoms with Gasteiger partial charge in [0, 0.05) is 18.3 Å². The second kappa shape index (κ2) is 9.34. The number of carboxylic acids is 2. The van der Waals surface area contributed by atoms with Gasteiger partial charge in [0.1, 0.15) is 23.7 Å². The highest BCUT2D eigenvalue weighted by Gasteiger charge is 2.19. The standard InChI is InChI=1S/C25H27FN2O4/c1-25(2,3)13-18-14-27-21(28(18)15-22(29)30)12-9-16-7-10-17(11-8-16)19-5-4-6-20(26)23(19)24(31)32/h4-8,10-11,14H,9,12-13,15H2,1-3H3,(H,29,30)(H,31,32). The largest absolute Gasteiger partial charge is 0.480 e. The minimum absolute atomic E-state index is 0.00903. The van der Waals surface area contributed by atoms with Crippen molar-refractivity contribution in [1.29, 1.82) is 0 Å². The summed E-state index contributed by atoms with van der Waals surface area (Å²) >= 11 is 0. The number of hydrogen-bond donors (Lipinski definition) is 2. The molecule has 0 atom stereocenters. The van der Waals surface area contributed by atoms with Crippen molar-refractivity contribution in [3.8, 4) is 11.1 Å². The molecule has 6 nitrogen and oxygen atoms in total. The zero-order valence-electron chi connectivity index (χ0n) is 18.4. The second-order valence-electron chi connectivity index (χ2n) is 9.05. The molecule has 0 radical (unpaired) electrons. The summed E-state index contributed by atoms with van der Waals surface area (Å²) in [6.45, 7) is 6.17. The lowest BCUT2D eigenvalue weighted by Gasteiger charge is -2.19. The van der Waals surface area contributed by atoms with E-state index in [1.54, 1.807) is 29.0 Å². The third kappa shape index (κ3) is 5.60. The summed E-state index contributed by atoms with van der Waals surface area (Å²) in [5.74, 6) is -2.27. The summed E-state index contributed by atoms with van der Waals surface area (Å²) in [4.78, 5) is 27.3. The van der Waals surface area contributed by atoms with Gasteiger partial charge in [-0.1, -0.05) is 57.2 Å². The van der Waals surface area contributed by atoms with Crippen LogP contribution >= 0.6 is 0 Å². The fourth-order valence-electron chi connectivity index (χ4n) is 3.76. The van der Waals surface area contributed by atoms with Crippen LogP contribution in [0.15, 0.2) is 48.7 Å². The molecule has 0 aliphatic carbocycles. The van der Waals surface area contributed by atoms with Gasteiger partial charge in [-0.15, -0.1) is 0 Å². The number of hydrogen-bond acceptors (Lipinski definition) is 3. The molecule has 0 unspecified atom stereocenters. The van der Waals surface area contributed by atoms with E-state index in [0.29, 0.717) is 29.8 Å². The van der Waals surface area contributed by atoms with Crippen LogP contribution in [0.1, 0.15) is 48.2 Å². The van der Waals surface area contributed by atoms with Crippen LogP contribution in [0.4, 0.5) is 4.39 Å². The van der Waals surface area contributed by atoms with Crippen LogP contribution in [0.3, 0.4) is 0 Å². The molecule has 3 aromatic rings. The number of aryl methyl sites for hydroxylation is 2. The third-order valence-corrected chi connectivity index (χ3v) is 5.16. The lowest BCUT2D eigenvalue weighted by atomic mass is 9.91. The number of benzene rings is 2. The van der Waals surface area contributed by atoms with E-state index in [1.807, 2.05) is 12.1 Å². The topological polar surface area (TPSA) is 92.4 Å². The monoisotopic (exact) mass is 438 g/mol. The number of aromatic nitrogens is 2. The van der Waals surface area contributed by atoms with Gasteiger partial charge in [-0.2, -0.15) is 0 Å². The highest BCUT2D eigenvalue weighted by molar-refractivity contribution is 5.96. The lowest BCUT2D eigenvalue weighted by molar-refractivity contribution is -0.137.